The van der Waals surface area contributed by atoms with Crippen LogP contribution in [-0.2, 0) is 16.0 Å². The molecular weight excluding hydrogens is 462 g/mol. The van der Waals surface area contributed by atoms with Gasteiger partial charge in [0.25, 0.3) is 5.91 Å². The molecule has 180 valence electrons. The second-order valence-corrected chi connectivity index (χ2v) is 9.07. The Balaban J connectivity index is 1.30. The largest absolute Gasteiger partial charge is 0.343 e. The number of amides is 3. The number of rotatable bonds is 7. The summed E-state index contributed by atoms with van der Waals surface area (Å²) in [6.07, 6.45) is 2.38. The highest BCUT2D eigenvalue weighted by Gasteiger charge is 2.28. The number of hydrogen-bond acceptors (Lipinski definition) is 3. The molecule has 0 bridgehead atoms. The van der Waals surface area contributed by atoms with E-state index >= 15 is 0 Å². The van der Waals surface area contributed by atoms with Crippen LogP contribution in [0.5, 0.6) is 0 Å². The van der Waals surface area contributed by atoms with Crippen molar-refractivity contribution in [2.45, 2.75) is 25.7 Å². The predicted molar refractivity (Wildman–Crippen MR) is 139 cm³/mol. The minimum Gasteiger partial charge on any atom is -0.343 e. The van der Waals surface area contributed by atoms with Crippen molar-refractivity contribution in [3.8, 4) is 0 Å². The van der Waals surface area contributed by atoms with E-state index in [9.17, 15) is 14.4 Å². The summed E-state index contributed by atoms with van der Waals surface area (Å²) >= 11 is 5.91. The van der Waals surface area contributed by atoms with E-state index in [2.05, 4.69) is 10.6 Å². The van der Waals surface area contributed by atoms with Gasteiger partial charge in [-0.1, -0.05) is 54.1 Å². The van der Waals surface area contributed by atoms with Gasteiger partial charge in [0, 0.05) is 36.1 Å². The number of hydrogen-bond donors (Lipinski definition) is 2. The maximum absolute atomic E-state index is 13.0. The maximum atomic E-state index is 13.0. The zero-order valence-electron chi connectivity index (χ0n) is 19.4. The number of nitrogens with zero attached hydrogens (tertiary/aromatic N) is 1. The van der Waals surface area contributed by atoms with Gasteiger partial charge in [0.15, 0.2) is 0 Å². The second kappa shape index (κ2) is 11.7. The lowest BCUT2D eigenvalue weighted by atomic mass is 9.95. The van der Waals surface area contributed by atoms with Gasteiger partial charge in [0.05, 0.1) is 11.3 Å². The van der Waals surface area contributed by atoms with E-state index in [1.165, 1.54) is 0 Å². The molecule has 0 atom stereocenters. The van der Waals surface area contributed by atoms with Gasteiger partial charge in [0.2, 0.25) is 11.8 Å². The van der Waals surface area contributed by atoms with E-state index in [1.54, 1.807) is 48.5 Å². The molecule has 6 nitrogen and oxygen atoms in total. The van der Waals surface area contributed by atoms with Crippen molar-refractivity contribution in [3.63, 3.8) is 0 Å². The number of halogens is 1. The maximum Gasteiger partial charge on any atom is 0.257 e. The molecule has 1 heterocycles. The minimum absolute atomic E-state index is 0.122. The summed E-state index contributed by atoms with van der Waals surface area (Å²) < 4.78 is 0. The first-order valence-electron chi connectivity index (χ1n) is 11.8. The molecule has 1 fully saturated rings. The van der Waals surface area contributed by atoms with E-state index in [1.807, 2.05) is 35.2 Å². The van der Waals surface area contributed by atoms with Crippen LogP contribution >= 0.6 is 11.6 Å². The van der Waals surface area contributed by atoms with Crippen molar-refractivity contribution in [3.05, 3.63) is 95.0 Å². The van der Waals surface area contributed by atoms with Gasteiger partial charge < -0.3 is 15.5 Å². The molecule has 0 saturated carbocycles. The molecule has 35 heavy (non-hydrogen) atoms. The van der Waals surface area contributed by atoms with Crippen LogP contribution in [0, 0.1) is 5.92 Å². The molecule has 7 heteroatoms. The standard InChI is InChI=1S/C28H28ClN3O3/c29-22-11-13-23(14-12-22)30-28(35)24-8-4-5-9-25(24)31-27(34)21-16-18-32(19-17-21)26(33)15-10-20-6-2-1-3-7-20/h1-9,11-14,21H,10,15-19H2,(H,30,35)(H,31,34). The summed E-state index contributed by atoms with van der Waals surface area (Å²) in [4.78, 5) is 40.2. The average molecular weight is 490 g/mol. The third-order valence-corrected chi connectivity index (χ3v) is 6.47. The lowest BCUT2D eigenvalue weighted by Crippen LogP contribution is -2.41. The van der Waals surface area contributed by atoms with Gasteiger partial charge in [-0.3, -0.25) is 14.4 Å². The van der Waals surface area contributed by atoms with Crippen LogP contribution in [-0.4, -0.2) is 35.7 Å². The highest BCUT2D eigenvalue weighted by molar-refractivity contribution is 6.30. The number of benzene rings is 3. The molecule has 3 aromatic rings. The van der Waals surface area contributed by atoms with Gasteiger partial charge in [-0.25, -0.2) is 0 Å². The Hall–Kier alpha value is -3.64. The summed E-state index contributed by atoms with van der Waals surface area (Å²) in [5.74, 6) is -0.535. The van der Waals surface area contributed by atoms with Crippen LogP contribution in [0.15, 0.2) is 78.9 Å². The predicted octanol–water partition coefficient (Wildman–Crippen LogP) is 5.40. The zero-order chi connectivity index (χ0) is 24.6. The second-order valence-electron chi connectivity index (χ2n) is 8.64. The van der Waals surface area contributed by atoms with Crippen LogP contribution in [0.4, 0.5) is 11.4 Å². The summed E-state index contributed by atoms with van der Waals surface area (Å²) in [6, 6.07) is 23.7. The van der Waals surface area contributed by atoms with Crippen molar-refractivity contribution >= 4 is 40.7 Å². The van der Waals surface area contributed by atoms with Crippen LogP contribution in [0.1, 0.15) is 35.2 Å². The van der Waals surface area contributed by atoms with Crippen LogP contribution in [0.25, 0.3) is 0 Å². The molecule has 0 spiro atoms. The molecule has 1 aliphatic rings. The van der Waals surface area contributed by atoms with E-state index in [-0.39, 0.29) is 23.6 Å². The van der Waals surface area contributed by atoms with Crippen LogP contribution in [0.3, 0.4) is 0 Å². The fraction of sp³-hybridized carbons (Fsp3) is 0.250. The highest BCUT2D eigenvalue weighted by Crippen LogP contribution is 2.23. The van der Waals surface area contributed by atoms with Gasteiger partial charge in [0.1, 0.15) is 0 Å². The molecule has 0 radical (unpaired) electrons. The molecule has 3 amide bonds. The number of anilines is 2. The Bertz CT molecular complexity index is 1170. The Morgan fingerprint density at radius 2 is 1.49 bits per heavy atom. The average Bonchev–Trinajstić information content (AvgIpc) is 2.89. The minimum atomic E-state index is -0.318. The molecule has 4 rings (SSSR count). The first kappa shape index (κ1) is 24.5. The van der Waals surface area contributed by atoms with Crippen molar-refractivity contribution in [2.24, 2.45) is 5.92 Å². The molecule has 1 saturated heterocycles. The third-order valence-electron chi connectivity index (χ3n) is 6.22. The number of carbonyl (C=O) groups excluding carboxylic acids is 3. The van der Waals surface area contributed by atoms with Gasteiger partial charge in [-0.05, 0) is 61.2 Å². The summed E-state index contributed by atoms with van der Waals surface area (Å²) in [6.45, 7) is 1.12. The third kappa shape index (κ3) is 6.70. The molecule has 1 aliphatic heterocycles. The molecular formula is C28H28ClN3O3. The molecule has 0 aliphatic carbocycles. The van der Waals surface area contributed by atoms with Crippen LogP contribution < -0.4 is 10.6 Å². The zero-order valence-corrected chi connectivity index (χ0v) is 20.1. The van der Waals surface area contributed by atoms with E-state index in [0.717, 1.165) is 12.0 Å². The van der Waals surface area contributed by atoms with Crippen molar-refractivity contribution in [2.75, 3.05) is 23.7 Å². The molecule has 0 aromatic heterocycles. The number of aryl methyl sites for hydroxylation is 1. The number of para-hydroxylation sites is 1. The highest BCUT2D eigenvalue weighted by atomic mass is 35.5. The quantitative estimate of drug-likeness (QED) is 0.466. The Morgan fingerprint density at radius 1 is 0.829 bits per heavy atom. The van der Waals surface area contributed by atoms with Gasteiger partial charge in [-0.15, -0.1) is 0 Å². The van der Waals surface area contributed by atoms with E-state index in [0.29, 0.717) is 54.3 Å². The molecule has 2 N–H and O–H groups in total. The number of piperidine rings is 1. The summed E-state index contributed by atoms with van der Waals surface area (Å²) in [5.41, 5.74) is 2.60. The topological polar surface area (TPSA) is 78.5 Å². The van der Waals surface area contributed by atoms with Crippen molar-refractivity contribution in [1.29, 1.82) is 0 Å². The first-order chi connectivity index (χ1) is 17.0. The monoisotopic (exact) mass is 489 g/mol. The number of likely N-dealkylation sites (tertiary alicyclic amines) is 1. The molecule has 0 unspecified atom stereocenters. The summed E-state index contributed by atoms with van der Waals surface area (Å²) in [7, 11) is 0. The van der Waals surface area contributed by atoms with Crippen molar-refractivity contribution < 1.29 is 14.4 Å². The Morgan fingerprint density at radius 3 is 2.20 bits per heavy atom. The van der Waals surface area contributed by atoms with Crippen molar-refractivity contribution in [1.82, 2.24) is 4.90 Å². The van der Waals surface area contributed by atoms with Crippen LogP contribution in [0.2, 0.25) is 5.02 Å². The summed E-state index contributed by atoms with van der Waals surface area (Å²) in [5, 5.41) is 6.33. The number of nitrogens with one attached hydrogen (secondary N) is 2. The van der Waals surface area contributed by atoms with E-state index < -0.39 is 0 Å². The Labute approximate surface area is 210 Å². The molecule has 3 aromatic carbocycles. The Kier molecular flexibility index (Phi) is 8.16. The van der Waals surface area contributed by atoms with E-state index in [4.69, 9.17) is 11.6 Å². The SMILES string of the molecule is O=C(Nc1ccc(Cl)cc1)c1ccccc1NC(=O)C1CCN(C(=O)CCc2ccccc2)CC1. The van der Waals surface area contributed by atoms with Gasteiger partial charge in [-0.2, -0.15) is 0 Å². The fourth-order valence-corrected chi connectivity index (χ4v) is 4.33. The lowest BCUT2D eigenvalue weighted by Gasteiger charge is -2.31. The smallest absolute Gasteiger partial charge is 0.257 e. The van der Waals surface area contributed by atoms with Gasteiger partial charge >= 0.3 is 0 Å². The first-order valence-corrected chi connectivity index (χ1v) is 12.2. The normalized spacial score (nSPS) is 13.8. The lowest BCUT2D eigenvalue weighted by molar-refractivity contribution is -0.134. The number of carbonyl (C=O) groups is 3. The fourth-order valence-electron chi connectivity index (χ4n) is 4.20.